The zero-order chi connectivity index (χ0) is 20.1. The Morgan fingerprint density at radius 1 is 1.29 bits per heavy atom. The molecule has 1 aliphatic heterocycles. The van der Waals surface area contributed by atoms with Gasteiger partial charge in [0.2, 0.25) is 0 Å². The number of nitrogens with zero attached hydrogens (tertiary/aromatic N) is 2. The van der Waals surface area contributed by atoms with E-state index >= 15 is 0 Å². The average Bonchev–Trinajstić information content (AvgIpc) is 3.12. The third kappa shape index (κ3) is 4.98. The number of urea groups is 1. The fourth-order valence-electron chi connectivity index (χ4n) is 2.92. The number of carbonyl (C=O) groups is 1. The number of nitrogens with one attached hydrogen (secondary N) is 1. The van der Waals surface area contributed by atoms with Gasteiger partial charge in [0.05, 0.1) is 18.8 Å². The quantitative estimate of drug-likeness (QED) is 0.774. The van der Waals surface area contributed by atoms with Crippen molar-refractivity contribution in [2.24, 2.45) is 5.16 Å². The molecule has 8 heteroatoms. The van der Waals surface area contributed by atoms with Crippen molar-refractivity contribution in [3.63, 3.8) is 0 Å². The van der Waals surface area contributed by atoms with E-state index in [1.165, 1.54) is 17.0 Å². The molecular formula is C20H20ClF2N3O2. The van der Waals surface area contributed by atoms with Gasteiger partial charge in [-0.1, -0.05) is 35.0 Å². The first-order chi connectivity index (χ1) is 13.5. The summed E-state index contributed by atoms with van der Waals surface area (Å²) in [5, 5.41) is 7.43. The van der Waals surface area contributed by atoms with Gasteiger partial charge in [-0.3, -0.25) is 0 Å². The van der Waals surface area contributed by atoms with Crippen LogP contribution in [0.4, 0.5) is 13.6 Å². The summed E-state index contributed by atoms with van der Waals surface area (Å²) in [6.45, 7) is 2.43. The van der Waals surface area contributed by atoms with Crippen LogP contribution < -0.4 is 5.32 Å². The molecule has 1 atom stereocenters. The predicted molar refractivity (Wildman–Crippen MR) is 103 cm³/mol. The molecule has 0 saturated heterocycles. The molecule has 1 aliphatic rings. The number of halogens is 3. The van der Waals surface area contributed by atoms with Crippen molar-refractivity contribution in [2.75, 3.05) is 13.1 Å². The average molecular weight is 408 g/mol. The molecule has 0 spiro atoms. The highest BCUT2D eigenvalue weighted by Crippen LogP contribution is 2.21. The first kappa shape index (κ1) is 20.1. The lowest BCUT2D eigenvalue weighted by Gasteiger charge is -2.25. The largest absolute Gasteiger partial charge is 0.390 e. The van der Waals surface area contributed by atoms with Crippen molar-refractivity contribution in [1.29, 1.82) is 0 Å². The van der Waals surface area contributed by atoms with E-state index in [0.717, 1.165) is 17.3 Å². The lowest BCUT2D eigenvalue weighted by atomic mass is 10.0. The lowest BCUT2D eigenvalue weighted by molar-refractivity contribution is 0.0588. The molecule has 3 rings (SSSR count). The summed E-state index contributed by atoms with van der Waals surface area (Å²) in [4.78, 5) is 19.3. The molecule has 0 saturated carbocycles. The Morgan fingerprint density at radius 2 is 2.04 bits per heavy atom. The highest BCUT2D eigenvalue weighted by Gasteiger charge is 2.27. The monoisotopic (exact) mass is 407 g/mol. The summed E-state index contributed by atoms with van der Waals surface area (Å²) < 4.78 is 27.2. The molecule has 0 fully saturated rings. The third-order valence-corrected chi connectivity index (χ3v) is 4.58. The molecular weight excluding hydrogens is 388 g/mol. The van der Waals surface area contributed by atoms with Crippen LogP contribution in [0.5, 0.6) is 0 Å². The Bertz CT molecular complexity index is 874. The second-order valence-corrected chi connectivity index (χ2v) is 6.86. The van der Waals surface area contributed by atoms with Gasteiger partial charge >= 0.3 is 6.03 Å². The Labute approximate surface area is 166 Å². The minimum Gasteiger partial charge on any atom is -0.390 e. The molecule has 2 amide bonds. The molecule has 5 nitrogen and oxygen atoms in total. The van der Waals surface area contributed by atoms with E-state index < -0.39 is 11.6 Å². The van der Waals surface area contributed by atoms with Crippen LogP contribution in [0.2, 0.25) is 5.02 Å². The summed E-state index contributed by atoms with van der Waals surface area (Å²) in [6, 6.07) is 10.2. The van der Waals surface area contributed by atoms with Crippen LogP contribution in [0.1, 0.15) is 24.5 Å². The Balaban J connectivity index is 1.68. The minimum atomic E-state index is -0.695. The van der Waals surface area contributed by atoms with E-state index in [2.05, 4.69) is 10.5 Å². The molecule has 2 aromatic rings. The normalized spacial score (nSPS) is 15.7. The van der Waals surface area contributed by atoms with Crippen LogP contribution in [0.15, 0.2) is 47.6 Å². The van der Waals surface area contributed by atoms with Crippen LogP contribution in [-0.2, 0) is 11.4 Å². The fraction of sp³-hybridized carbons (Fsp3) is 0.300. The highest BCUT2D eigenvalue weighted by atomic mass is 35.5. The van der Waals surface area contributed by atoms with Gasteiger partial charge in [-0.05, 0) is 30.7 Å². The number of hydrogen-bond donors (Lipinski definition) is 1. The second kappa shape index (κ2) is 9.01. The van der Waals surface area contributed by atoms with E-state index in [1.807, 2.05) is 12.1 Å². The molecule has 148 valence electrons. The van der Waals surface area contributed by atoms with Crippen LogP contribution in [0.25, 0.3) is 0 Å². The molecule has 28 heavy (non-hydrogen) atoms. The standard InChI is InChI=1S/C20H20ClF2N3O2/c1-2-24-20(27)26(11-14-5-8-16(22)9-18(14)23)12-17-10-19(25-28-17)13-3-6-15(21)7-4-13/h3-9,17H,2,10-12H2,1H3,(H,24,27)/t17-/m0/s1. The zero-order valence-electron chi connectivity index (χ0n) is 15.3. The van der Waals surface area contributed by atoms with E-state index in [1.54, 1.807) is 19.1 Å². The highest BCUT2D eigenvalue weighted by molar-refractivity contribution is 6.30. The molecule has 0 unspecified atom stereocenters. The molecule has 2 aromatic carbocycles. The van der Waals surface area contributed by atoms with Crippen molar-refractivity contribution in [2.45, 2.75) is 26.0 Å². The molecule has 0 aromatic heterocycles. The summed E-state index contributed by atoms with van der Waals surface area (Å²) in [6.07, 6.45) is 0.139. The molecule has 0 bridgehead atoms. The van der Waals surface area contributed by atoms with E-state index in [-0.39, 0.29) is 30.8 Å². The summed E-state index contributed by atoms with van der Waals surface area (Å²) in [5.41, 5.74) is 1.87. The fourth-order valence-corrected chi connectivity index (χ4v) is 3.05. The zero-order valence-corrected chi connectivity index (χ0v) is 16.0. The van der Waals surface area contributed by atoms with Gasteiger partial charge in [-0.2, -0.15) is 0 Å². The Morgan fingerprint density at radius 3 is 2.71 bits per heavy atom. The van der Waals surface area contributed by atoms with Crippen LogP contribution in [0.3, 0.4) is 0 Å². The van der Waals surface area contributed by atoms with Crippen molar-refractivity contribution in [1.82, 2.24) is 10.2 Å². The van der Waals surface area contributed by atoms with Crippen molar-refractivity contribution < 1.29 is 18.4 Å². The van der Waals surface area contributed by atoms with Crippen molar-refractivity contribution in [3.05, 3.63) is 70.2 Å². The van der Waals surface area contributed by atoms with Gasteiger partial charge in [0, 0.05) is 29.6 Å². The number of benzene rings is 2. The number of carbonyl (C=O) groups excluding carboxylic acids is 1. The first-order valence-corrected chi connectivity index (χ1v) is 9.29. The minimum absolute atomic E-state index is 0.00587. The summed E-state index contributed by atoms with van der Waals surface area (Å²) in [7, 11) is 0. The van der Waals surface area contributed by atoms with Crippen LogP contribution in [0, 0.1) is 11.6 Å². The van der Waals surface area contributed by atoms with Crippen LogP contribution >= 0.6 is 11.6 Å². The van der Waals surface area contributed by atoms with Gasteiger partial charge in [0.1, 0.15) is 11.6 Å². The molecule has 0 radical (unpaired) electrons. The van der Waals surface area contributed by atoms with Gasteiger partial charge in [-0.25, -0.2) is 13.6 Å². The molecule has 1 N–H and O–H groups in total. The number of amides is 2. The number of rotatable bonds is 6. The van der Waals surface area contributed by atoms with Gasteiger partial charge in [0.15, 0.2) is 6.10 Å². The maximum absolute atomic E-state index is 14.0. The van der Waals surface area contributed by atoms with Crippen molar-refractivity contribution in [3.8, 4) is 0 Å². The Kier molecular flexibility index (Phi) is 6.46. The maximum Gasteiger partial charge on any atom is 0.317 e. The topological polar surface area (TPSA) is 53.9 Å². The van der Waals surface area contributed by atoms with Crippen LogP contribution in [-0.4, -0.2) is 35.8 Å². The van der Waals surface area contributed by atoms with E-state index in [9.17, 15) is 13.6 Å². The predicted octanol–water partition coefficient (Wildman–Crippen LogP) is 4.34. The van der Waals surface area contributed by atoms with Crippen molar-refractivity contribution >= 4 is 23.3 Å². The van der Waals surface area contributed by atoms with E-state index in [4.69, 9.17) is 16.4 Å². The molecule has 0 aliphatic carbocycles. The Hall–Kier alpha value is -2.67. The molecule has 1 heterocycles. The smallest absolute Gasteiger partial charge is 0.317 e. The number of oxime groups is 1. The maximum atomic E-state index is 14.0. The van der Waals surface area contributed by atoms with E-state index in [0.29, 0.717) is 18.0 Å². The first-order valence-electron chi connectivity index (χ1n) is 8.91. The number of hydrogen-bond acceptors (Lipinski definition) is 3. The lowest BCUT2D eigenvalue weighted by Crippen LogP contribution is -2.43. The van der Waals surface area contributed by atoms with Gasteiger partial charge < -0.3 is 15.1 Å². The SMILES string of the molecule is CCNC(=O)N(Cc1ccc(F)cc1F)C[C@@H]1CC(c2ccc(Cl)cc2)=NO1. The third-order valence-electron chi connectivity index (χ3n) is 4.33. The van der Waals surface area contributed by atoms with Gasteiger partial charge in [-0.15, -0.1) is 0 Å². The summed E-state index contributed by atoms with van der Waals surface area (Å²) in [5.74, 6) is -1.36. The summed E-state index contributed by atoms with van der Waals surface area (Å²) >= 11 is 5.90. The second-order valence-electron chi connectivity index (χ2n) is 6.43. The van der Waals surface area contributed by atoms with Gasteiger partial charge in [0.25, 0.3) is 0 Å².